The fourth-order valence-electron chi connectivity index (χ4n) is 0.928. The van der Waals surface area contributed by atoms with E-state index in [0.717, 1.165) is 12.1 Å². The molecule has 1 atom stereocenters. The van der Waals surface area contributed by atoms with E-state index in [-0.39, 0.29) is 11.4 Å². The smallest absolute Gasteiger partial charge is 0.404 e. The van der Waals surface area contributed by atoms with Crippen LogP contribution in [0.5, 0.6) is 5.75 Å². The van der Waals surface area contributed by atoms with Crippen molar-refractivity contribution in [3.05, 3.63) is 34.4 Å². The van der Waals surface area contributed by atoms with E-state index in [4.69, 9.17) is 4.74 Å². The summed E-state index contributed by atoms with van der Waals surface area (Å²) in [6.45, 7) is -0.596. The van der Waals surface area contributed by atoms with Gasteiger partial charge in [0.15, 0.2) is 0 Å². The predicted molar refractivity (Wildman–Crippen MR) is 57.4 cm³/mol. The summed E-state index contributed by atoms with van der Waals surface area (Å²) in [7, 11) is 0. The number of nitro benzene ring substituents is 1. The first-order valence-corrected chi connectivity index (χ1v) is 5.30. The van der Waals surface area contributed by atoms with Crippen LogP contribution in [0.25, 0.3) is 0 Å². The molecule has 0 spiro atoms. The van der Waals surface area contributed by atoms with Crippen molar-refractivity contribution in [2.45, 2.75) is 11.0 Å². The van der Waals surface area contributed by atoms with Crippen molar-refractivity contribution in [3.8, 4) is 5.75 Å². The minimum atomic E-state index is -4.39. The molecule has 1 rings (SSSR count). The largest absolute Gasteiger partial charge is 0.492 e. The molecule has 0 amide bonds. The Bertz CT molecular complexity index is 393. The summed E-state index contributed by atoms with van der Waals surface area (Å²) in [6, 6.07) is 4.81. The maximum atomic E-state index is 12.1. The topological polar surface area (TPSA) is 52.4 Å². The second-order valence-corrected chi connectivity index (χ2v) is 4.18. The fraction of sp³-hybridized carbons (Fsp3) is 0.333. The molecular formula is C9H7BrF3NO3. The summed E-state index contributed by atoms with van der Waals surface area (Å²) in [5.41, 5.74) is -0.149. The first-order chi connectivity index (χ1) is 7.80. The molecule has 0 radical (unpaired) electrons. The molecule has 0 saturated carbocycles. The van der Waals surface area contributed by atoms with Gasteiger partial charge in [0, 0.05) is 12.1 Å². The molecule has 1 unspecified atom stereocenters. The summed E-state index contributed by atoms with van der Waals surface area (Å²) in [5.74, 6) is 0.143. The highest BCUT2D eigenvalue weighted by Crippen LogP contribution is 2.27. The summed E-state index contributed by atoms with van der Waals surface area (Å²) in [5, 5.41) is 10.3. The number of rotatable bonds is 4. The van der Waals surface area contributed by atoms with Crippen LogP contribution in [0, 0.1) is 10.1 Å². The lowest BCUT2D eigenvalue weighted by Gasteiger charge is -2.14. The molecule has 0 heterocycles. The van der Waals surface area contributed by atoms with Crippen molar-refractivity contribution in [2.24, 2.45) is 0 Å². The van der Waals surface area contributed by atoms with Crippen molar-refractivity contribution < 1.29 is 22.8 Å². The van der Waals surface area contributed by atoms with Crippen LogP contribution >= 0.6 is 15.9 Å². The van der Waals surface area contributed by atoms with Gasteiger partial charge in [0.2, 0.25) is 0 Å². The van der Waals surface area contributed by atoms with E-state index in [0.29, 0.717) is 0 Å². The standard InChI is InChI=1S/C9H7BrF3NO3/c10-8(9(11,12)13)5-17-7-3-1-6(2-4-7)14(15)16/h1-4,8H,5H2. The molecule has 17 heavy (non-hydrogen) atoms. The Hall–Kier alpha value is -1.31. The van der Waals surface area contributed by atoms with E-state index in [1.165, 1.54) is 12.1 Å². The lowest BCUT2D eigenvalue weighted by molar-refractivity contribution is -0.384. The van der Waals surface area contributed by atoms with Crippen LogP contribution in [0.2, 0.25) is 0 Å². The number of hydrogen-bond donors (Lipinski definition) is 0. The summed E-state index contributed by atoms with van der Waals surface area (Å²) < 4.78 is 41.2. The lowest BCUT2D eigenvalue weighted by Crippen LogP contribution is -2.28. The first-order valence-electron chi connectivity index (χ1n) is 4.39. The van der Waals surface area contributed by atoms with Crippen molar-refractivity contribution in [2.75, 3.05) is 6.61 Å². The van der Waals surface area contributed by atoms with Gasteiger partial charge in [-0.1, -0.05) is 15.9 Å². The highest BCUT2D eigenvalue weighted by atomic mass is 79.9. The molecule has 4 nitrogen and oxygen atoms in total. The van der Waals surface area contributed by atoms with Gasteiger partial charge in [-0.25, -0.2) is 0 Å². The molecule has 1 aromatic rings. The number of hydrogen-bond acceptors (Lipinski definition) is 3. The number of ether oxygens (including phenoxy) is 1. The SMILES string of the molecule is O=[N+]([O-])c1ccc(OCC(Br)C(F)(F)F)cc1. The Morgan fingerprint density at radius 2 is 1.88 bits per heavy atom. The Labute approximate surface area is 103 Å². The molecule has 0 fully saturated rings. The number of non-ortho nitro benzene ring substituents is 1. The second kappa shape index (κ2) is 5.35. The molecule has 0 aromatic heterocycles. The van der Waals surface area contributed by atoms with Gasteiger partial charge in [0.05, 0.1) is 4.92 Å². The zero-order valence-corrected chi connectivity index (χ0v) is 9.86. The van der Waals surface area contributed by atoms with E-state index in [2.05, 4.69) is 15.9 Å². The Morgan fingerprint density at radius 3 is 2.29 bits per heavy atom. The molecule has 0 aliphatic carbocycles. The van der Waals surface area contributed by atoms with E-state index in [1.54, 1.807) is 0 Å². The third-order valence-electron chi connectivity index (χ3n) is 1.80. The first kappa shape index (κ1) is 13.8. The number of alkyl halides is 4. The van der Waals surface area contributed by atoms with E-state index < -0.39 is 22.5 Å². The minimum Gasteiger partial charge on any atom is -0.492 e. The van der Waals surface area contributed by atoms with E-state index in [9.17, 15) is 23.3 Å². The Morgan fingerprint density at radius 1 is 1.35 bits per heavy atom. The van der Waals surface area contributed by atoms with E-state index in [1.807, 2.05) is 0 Å². The average molecular weight is 314 g/mol. The molecule has 0 saturated heterocycles. The Balaban J connectivity index is 2.56. The van der Waals surface area contributed by atoms with Gasteiger partial charge in [0.1, 0.15) is 17.2 Å². The molecular weight excluding hydrogens is 307 g/mol. The van der Waals surface area contributed by atoms with Gasteiger partial charge in [-0.3, -0.25) is 10.1 Å². The van der Waals surface area contributed by atoms with Crippen LogP contribution in [0.3, 0.4) is 0 Å². The zero-order valence-electron chi connectivity index (χ0n) is 8.28. The van der Waals surface area contributed by atoms with Crippen molar-refractivity contribution in [1.29, 1.82) is 0 Å². The van der Waals surface area contributed by atoms with Crippen molar-refractivity contribution in [3.63, 3.8) is 0 Å². The summed E-state index contributed by atoms with van der Waals surface area (Å²) in [4.78, 5) is 7.94. The number of nitro groups is 1. The lowest BCUT2D eigenvalue weighted by atomic mass is 10.3. The molecule has 94 valence electrons. The van der Waals surface area contributed by atoms with Crippen LogP contribution < -0.4 is 4.74 Å². The minimum absolute atomic E-state index is 0.143. The fourth-order valence-corrected chi connectivity index (χ4v) is 1.06. The molecule has 1 aromatic carbocycles. The molecule has 0 aliphatic heterocycles. The number of halogens is 4. The van der Waals surface area contributed by atoms with Crippen LogP contribution in [-0.4, -0.2) is 22.5 Å². The zero-order chi connectivity index (χ0) is 13.1. The van der Waals surface area contributed by atoms with Gasteiger partial charge in [-0.2, -0.15) is 13.2 Å². The van der Waals surface area contributed by atoms with Crippen molar-refractivity contribution in [1.82, 2.24) is 0 Å². The maximum absolute atomic E-state index is 12.1. The normalized spacial score (nSPS) is 13.2. The number of nitrogens with zero attached hydrogens (tertiary/aromatic N) is 1. The predicted octanol–water partition coefficient (Wildman–Crippen LogP) is 3.30. The third kappa shape index (κ3) is 4.22. The van der Waals surface area contributed by atoms with Crippen LogP contribution in [0.15, 0.2) is 24.3 Å². The van der Waals surface area contributed by atoms with Gasteiger partial charge in [-0.15, -0.1) is 0 Å². The van der Waals surface area contributed by atoms with Gasteiger partial charge in [0.25, 0.3) is 5.69 Å². The maximum Gasteiger partial charge on any atom is 0.404 e. The Kier molecular flexibility index (Phi) is 4.33. The van der Waals surface area contributed by atoms with Crippen LogP contribution in [0.4, 0.5) is 18.9 Å². The highest BCUT2D eigenvalue weighted by Gasteiger charge is 2.38. The second-order valence-electron chi connectivity index (χ2n) is 3.07. The summed E-state index contributed by atoms with van der Waals surface area (Å²) in [6.07, 6.45) is -4.39. The van der Waals surface area contributed by atoms with Crippen molar-refractivity contribution >= 4 is 21.6 Å². The summed E-state index contributed by atoms with van der Waals surface area (Å²) >= 11 is 2.44. The van der Waals surface area contributed by atoms with Gasteiger partial charge >= 0.3 is 6.18 Å². The monoisotopic (exact) mass is 313 g/mol. The molecule has 0 N–H and O–H groups in total. The van der Waals surface area contributed by atoms with Gasteiger partial charge in [-0.05, 0) is 12.1 Å². The average Bonchev–Trinajstić information content (AvgIpc) is 2.25. The number of benzene rings is 1. The van der Waals surface area contributed by atoms with Crippen LogP contribution in [-0.2, 0) is 0 Å². The quantitative estimate of drug-likeness (QED) is 0.487. The third-order valence-corrected chi connectivity index (χ3v) is 2.58. The highest BCUT2D eigenvalue weighted by molar-refractivity contribution is 9.09. The molecule has 0 aliphatic rings. The molecule has 0 bridgehead atoms. The van der Waals surface area contributed by atoms with E-state index >= 15 is 0 Å². The molecule has 8 heteroatoms. The van der Waals surface area contributed by atoms with Crippen LogP contribution in [0.1, 0.15) is 0 Å². The van der Waals surface area contributed by atoms with Gasteiger partial charge < -0.3 is 4.74 Å².